The van der Waals surface area contributed by atoms with Gasteiger partial charge in [-0.25, -0.2) is 4.79 Å². The number of halogens is 3. The van der Waals surface area contributed by atoms with Gasteiger partial charge in [0.15, 0.2) is 0 Å². The van der Waals surface area contributed by atoms with Gasteiger partial charge in [0, 0.05) is 32.7 Å². The fourth-order valence-electron chi connectivity index (χ4n) is 2.43. The summed E-state index contributed by atoms with van der Waals surface area (Å²) in [6, 6.07) is 6.69. The average Bonchev–Trinajstić information content (AvgIpc) is 2.45. The third-order valence-electron chi connectivity index (χ3n) is 3.56. The zero-order valence-corrected chi connectivity index (χ0v) is 11.4. The lowest BCUT2D eigenvalue weighted by Gasteiger charge is -2.36. The number of aromatic carboxylic acids is 1. The third-order valence-corrected chi connectivity index (χ3v) is 3.56. The number of carboxylic acids is 1. The molecule has 1 fully saturated rings. The predicted molar refractivity (Wildman–Crippen MR) is 72.7 cm³/mol. The van der Waals surface area contributed by atoms with Gasteiger partial charge < -0.3 is 10.0 Å². The van der Waals surface area contributed by atoms with Gasteiger partial charge in [0.1, 0.15) is 0 Å². The lowest BCUT2D eigenvalue weighted by molar-refractivity contribution is -0.138. The second-order valence-corrected chi connectivity index (χ2v) is 5.02. The number of hydrogen-bond acceptors (Lipinski definition) is 3. The van der Waals surface area contributed by atoms with Crippen molar-refractivity contribution in [2.24, 2.45) is 0 Å². The van der Waals surface area contributed by atoms with Gasteiger partial charge in [-0.2, -0.15) is 13.2 Å². The van der Waals surface area contributed by atoms with E-state index in [1.807, 2.05) is 4.90 Å². The Morgan fingerprint density at radius 3 is 2.33 bits per heavy atom. The minimum Gasteiger partial charge on any atom is -0.478 e. The van der Waals surface area contributed by atoms with Crippen LogP contribution in [0.3, 0.4) is 0 Å². The smallest absolute Gasteiger partial charge is 0.390 e. The van der Waals surface area contributed by atoms with E-state index in [0.717, 1.165) is 0 Å². The minimum atomic E-state index is -4.13. The molecule has 21 heavy (non-hydrogen) atoms. The molecular formula is C14H17F3N2O2. The van der Waals surface area contributed by atoms with Gasteiger partial charge in [-0.15, -0.1) is 0 Å². The minimum absolute atomic E-state index is 0.00207. The molecule has 0 amide bonds. The van der Waals surface area contributed by atoms with Crippen LogP contribution in [-0.2, 0) is 0 Å². The Balaban J connectivity index is 1.94. The molecule has 1 aliphatic rings. The van der Waals surface area contributed by atoms with Gasteiger partial charge >= 0.3 is 12.1 Å². The van der Waals surface area contributed by atoms with Gasteiger partial charge in [-0.3, -0.25) is 4.90 Å². The van der Waals surface area contributed by atoms with Crippen LogP contribution in [0.1, 0.15) is 16.8 Å². The van der Waals surface area contributed by atoms with E-state index >= 15 is 0 Å². The average molecular weight is 302 g/mol. The van der Waals surface area contributed by atoms with Crippen molar-refractivity contribution in [3.8, 4) is 0 Å². The van der Waals surface area contributed by atoms with E-state index < -0.39 is 18.6 Å². The SMILES string of the molecule is O=C(O)c1ccccc1N1CCN(CCC(F)(F)F)CC1. The highest BCUT2D eigenvalue weighted by atomic mass is 19.4. The number of benzene rings is 1. The Hall–Kier alpha value is -1.76. The summed E-state index contributed by atoms with van der Waals surface area (Å²) in [5, 5.41) is 9.16. The summed E-state index contributed by atoms with van der Waals surface area (Å²) < 4.78 is 36.6. The summed E-state index contributed by atoms with van der Waals surface area (Å²) in [4.78, 5) is 14.8. The second-order valence-electron chi connectivity index (χ2n) is 5.02. The molecule has 0 atom stereocenters. The molecule has 116 valence electrons. The van der Waals surface area contributed by atoms with E-state index in [-0.39, 0.29) is 12.1 Å². The number of para-hydroxylation sites is 1. The molecule has 4 nitrogen and oxygen atoms in total. The van der Waals surface area contributed by atoms with Gasteiger partial charge in [0.2, 0.25) is 0 Å². The molecule has 2 rings (SSSR count). The van der Waals surface area contributed by atoms with Crippen molar-refractivity contribution >= 4 is 11.7 Å². The maximum Gasteiger partial charge on any atom is 0.390 e. The van der Waals surface area contributed by atoms with Crippen molar-refractivity contribution in [2.45, 2.75) is 12.6 Å². The van der Waals surface area contributed by atoms with Crippen molar-refractivity contribution in [3.63, 3.8) is 0 Å². The van der Waals surface area contributed by atoms with Crippen molar-refractivity contribution in [1.82, 2.24) is 4.90 Å². The zero-order valence-electron chi connectivity index (χ0n) is 11.4. The fraction of sp³-hybridized carbons (Fsp3) is 0.500. The summed E-state index contributed by atoms with van der Waals surface area (Å²) in [5.74, 6) is -0.995. The third kappa shape index (κ3) is 4.35. The number of rotatable bonds is 4. The molecule has 0 spiro atoms. The first-order chi connectivity index (χ1) is 9.87. The Bertz CT molecular complexity index is 497. The van der Waals surface area contributed by atoms with Crippen LogP contribution in [0.5, 0.6) is 0 Å². The highest BCUT2D eigenvalue weighted by Gasteiger charge is 2.29. The van der Waals surface area contributed by atoms with E-state index in [9.17, 15) is 18.0 Å². The number of carboxylic acid groups (broad SMARTS) is 1. The van der Waals surface area contributed by atoms with Gasteiger partial charge in [0.05, 0.1) is 17.7 Å². The van der Waals surface area contributed by atoms with Gasteiger partial charge in [-0.05, 0) is 12.1 Å². The van der Waals surface area contributed by atoms with Crippen molar-refractivity contribution in [1.29, 1.82) is 0 Å². The van der Waals surface area contributed by atoms with E-state index in [0.29, 0.717) is 31.9 Å². The summed E-state index contributed by atoms with van der Waals surface area (Å²) in [7, 11) is 0. The molecule has 1 heterocycles. The van der Waals surface area contributed by atoms with E-state index in [2.05, 4.69) is 0 Å². The molecule has 1 aromatic carbocycles. The van der Waals surface area contributed by atoms with Crippen LogP contribution in [0.25, 0.3) is 0 Å². The Morgan fingerprint density at radius 1 is 1.14 bits per heavy atom. The van der Waals surface area contributed by atoms with Crippen LogP contribution < -0.4 is 4.90 Å². The molecule has 1 saturated heterocycles. The number of nitrogens with zero attached hydrogens (tertiary/aromatic N) is 2. The van der Waals surface area contributed by atoms with E-state index in [1.54, 1.807) is 23.1 Å². The Morgan fingerprint density at radius 2 is 1.76 bits per heavy atom. The number of anilines is 1. The normalized spacial score (nSPS) is 17.0. The number of carbonyl (C=O) groups is 1. The molecule has 1 aliphatic heterocycles. The lowest BCUT2D eigenvalue weighted by atomic mass is 10.1. The first-order valence-electron chi connectivity index (χ1n) is 6.73. The molecule has 0 saturated carbocycles. The van der Waals surface area contributed by atoms with Gasteiger partial charge in [0.25, 0.3) is 0 Å². The van der Waals surface area contributed by atoms with Gasteiger partial charge in [-0.1, -0.05) is 12.1 Å². The van der Waals surface area contributed by atoms with E-state index in [4.69, 9.17) is 5.11 Å². The Kier molecular flexibility index (Phi) is 4.72. The molecule has 0 unspecified atom stereocenters. The number of alkyl halides is 3. The van der Waals surface area contributed by atoms with Crippen LogP contribution in [0.2, 0.25) is 0 Å². The highest BCUT2D eigenvalue weighted by Crippen LogP contribution is 2.23. The highest BCUT2D eigenvalue weighted by molar-refractivity contribution is 5.94. The van der Waals surface area contributed by atoms with E-state index in [1.165, 1.54) is 6.07 Å². The fourth-order valence-corrected chi connectivity index (χ4v) is 2.43. The topological polar surface area (TPSA) is 43.8 Å². The monoisotopic (exact) mass is 302 g/mol. The molecule has 7 heteroatoms. The summed E-state index contributed by atoms with van der Waals surface area (Å²) in [6.07, 6.45) is -4.94. The number of piperazine rings is 1. The predicted octanol–water partition coefficient (Wildman–Crippen LogP) is 2.46. The Labute approximate surface area is 120 Å². The first-order valence-corrected chi connectivity index (χ1v) is 6.73. The maximum absolute atomic E-state index is 12.2. The summed E-state index contributed by atoms with van der Waals surface area (Å²) >= 11 is 0. The molecule has 0 aliphatic carbocycles. The van der Waals surface area contributed by atoms with Crippen LogP contribution in [0, 0.1) is 0 Å². The number of hydrogen-bond donors (Lipinski definition) is 1. The largest absolute Gasteiger partial charge is 0.478 e. The summed E-state index contributed by atoms with van der Waals surface area (Å²) in [6.45, 7) is 2.07. The molecular weight excluding hydrogens is 285 g/mol. The van der Waals surface area contributed by atoms with Crippen LogP contribution in [0.15, 0.2) is 24.3 Å². The standard InChI is InChI=1S/C14H17F3N2O2/c15-14(16,17)5-6-18-7-9-19(10-8-18)12-4-2-1-3-11(12)13(20)21/h1-4H,5-10H2,(H,20,21). The summed E-state index contributed by atoms with van der Waals surface area (Å²) in [5.41, 5.74) is 0.849. The first kappa shape index (κ1) is 15.6. The molecule has 0 radical (unpaired) electrons. The quantitative estimate of drug-likeness (QED) is 0.928. The molecule has 1 aromatic rings. The maximum atomic E-state index is 12.2. The van der Waals surface area contributed by atoms with Crippen molar-refractivity contribution < 1.29 is 23.1 Å². The second kappa shape index (κ2) is 6.34. The molecule has 1 N–H and O–H groups in total. The van der Waals surface area contributed by atoms with Crippen LogP contribution in [-0.4, -0.2) is 54.9 Å². The van der Waals surface area contributed by atoms with Crippen molar-refractivity contribution in [3.05, 3.63) is 29.8 Å². The molecule has 0 aromatic heterocycles. The zero-order chi connectivity index (χ0) is 15.5. The van der Waals surface area contributed by atoms with Crippen LogP contribution in [0.4, 0.5) is 18.9 Å². The van der Waals surface area contributed by atoms with Crippen LogP contribution >= 0.6 is 0 Å². The van der Waals surface area contributed by atoms with Crippen molar-refractivity contribution in [2.75, 3.05) is 37.6 Å². The molecule has 0 bridgehead atoms. The lowest BCUT2D eigenvalue weighted by Crippen LogP contribution is -2.47.